The van der Waals surface area contributed by atoms with E-state index in [1.807, 2.05) is 11.8 Å². The van der Waals surface area contributed by atoms with Crippen LogP contribution >= 0.6 is 0 Å². The van der Waals surface area contributed by atoms with Gasteiger partial charge in [-0.15, -0.1) is 0 Å². The van der Waals surface area contributed by atoms with Crippen LogP contribution in [-0.2, 0) is 10.9 Å². The summed E-state index contributed by atoms with van der Waals surface area (Å²) in [6, 6.07) is 5.27. The smallest absolute Gasteiger partial charge is 0.374 e. The maximum atomic E-state index is 13.3. The Morgan fingerprint density at radius 2 is 2.05 bits per heavy atom. The van der Waals surface area contributed by atoms with E-state index in [9.17, 15) is 13.2 Å². The van der Waals surface area contributed by atoms with Crippen molar-refractivity contribution in [2.24, 2.45) is 5.73 Å². The van der Waals surface area contributed by atoms with Crippen LogP contribution in [0.15, 0.2) is 24.3 Å². The molecule has 2 atom stereocenters. The van der Waals surface area contributed by atoms with Crippen LogP contribution in [0.2, 0.25) is 0 Å². The van der Waals surface area contributed by atoms with Crippen molar-refractivity contribution in [3.8, 4) is 0 Å². The summed E-state index contributed by atoms with van der Waals surface area (Å²) in [4.78, 5) is 2.05. The third-order valence-corrected chi connectivity index (χ3v) is 3.78. The molecule has 0 amide bonds. The van der Waals surface area contributed by atoms with Crippen LogP contribution in [0, 0.1) is 0 Å². The van der Waals surface area contributed by atoms with Crippen molar-refractivity contribution in [3.05, 3.63) is 35.4 Å². The average molecular weight is 302 g/mol. The average Bonchev–Trinajstić information content (AvgIpc) is 2.46. The number of nitrogens with zero attached hydrogens (tertiary/aromatic N) is 1. The summed E-state index contributed by atoms with van der Waals surface area (Å²) in [5.74, 6) is 0. The summed E-state index contributed by atoms with van der Waals surface area (Å²) in [6.07, 6.45) is -3.90. The first-order valence-corrected chi connectivity index (χ1v) is 7.20. The van der Waals surface area contributed by atoms with E-state index in [0.717, 1.165) is 19.0 Å². The van der Waals surface area contributed by atoms with E-state index < -0.39 is 23.9 Å². The second kappa shape index (κ2) is 6.77. The molecule has 1 aromatic carbocycles. The topological polar surface area (TPSA) is 38.5 Å². The van der Waals surface area contributed by atoms with Gasteiger partial charge in [0.15, 0.2) is 0 Å². The molecule has 1 aliphatic heterocycles. The predicted octanol–water partition coefficient (Wildman–Crippen LogP) is 2.82. The quantitative estimate of drug-likeness (QED) is 0.929. The fraction of sp³-hybridized carbons (Fsp3) is 0.600. The molecule has 21 heavy (non-hydrogen) atoms. The van der Waals surface area contributed by atoms with Crippen LogP contribution in [0.25, 0.3) is 0 Å². The van der Waals surface area contributed by atoms with E-state index in [2.05, 4.69) is 0 Å². The lowest BCUT2D eigenvalue weighted by Gasteiger charge is -2.42. The van der Waals surface area contributed by atoms with Crippen LogP contribution in [0.5, 0.6) is 0 Å². The monoisotopic (exact) mass is 302 g/mol. The second-order valence-corrected chi connectivity index (χ2v) is 5.21. The summed E-state index contributed by atoms with van der Waals surface area (Å²) in [5, 5.41) is 0. The minimum Gasteiger partial charge on any atom is -0.374 e. The molecule has 118 valence electrons. The van der Waals surface area contributed by atoms with Crippen molar-refractivity contribution in [2.45, 2.75) is 31.7 Å². The summed E-state index contributed by atoms with van der Waals surface area (Å²) < 4.78 is 45.4. The van der Waals surface area contributed by atoms with Crippen molar-refractivity contribution in [1.29, 1.82) is 0 Å². The number of ether oxygens (including phenoxy) is 1. The normalized spacial score (nSPS) is 24.2. The first kappa shape index (κ1) is 16.3. The highest BCUT2D eigenvalue weighted by Crippen LogP contribution is 2.39. The minimum atomic E-state index is -4.37. The van der Waals surface area contributed by atoms with Crippen molar-refractivity contribution >= 4 is 0 Å². The van der Waals surface area contributed by atoms with Gasteiger partial charge in [0, 0.05) is 13.1 Å². The van der Waals surface area contributed by atoms with E-state index in [1.165, 1.54) is 12.1 Å². The molecule has 1 fully saturated rings. The fourth-order valence-corrected chi connectivity index (χ4v) is 2.93. The van der Waals surface area contributed by atoms with Crippen LogP contribution in [0.3, 0.4) is 0 Å². The molecule has 0 saturated carbocycles. The summed E-state index contributed by atoms with van der Waals surface area (Å²) >= 11 is 0. The Morgan fingerprint density at radius 1 is 1.33 bits per heavy atom. The van der Waals surface area contributed by atoms with Crippen LogP contribution in [0.4, 0.5) is 13.2 Å². The van der Waals surface area contributed by atoms with Gasteiger partial charge in [0.2, 0.25) is 0 Å². The number of nitrogens with two attached hydrogens (primary N) is 1. The maximum absolute atomic E-state index is 13.3. The van der Waals surface area contributed by atoms with Crippen molar-refractivity contribution in [1.82, 2.24) is 4.90 Å². The van der Waals surface area contributed by atoms with Crippen molar-refractivity contribution < 1.29 is 17.9 Å². The van der Waals surface area contributed by atoms with E-state index in [1.54, 1.807) is 6.07 Å². The third-order valence-electron chi connectivity index (χ3n) is 3.78. The number of hydrogen-bond donors (Lipinski definition) is 1. The van der Waals surface area contributed by atoms with Gasteiger partial charge in [-0.25, -0.2) is 0 Å². The van der Waals surface area contributed by atoms with E-state index in [-0.39, 0.29) is 12.1 Å². The van der Waals surface area contributed by atoms with Gasteiger partial charge in [0.1, 0.15) is 0 Å². The van der Waals surface area contributed by atoms with Gasteiger partial charge in [-0.1, -0.05) is 25.1 Å². The van der Waals surface area contributed by atoms with Crippen molar-refractivity contribution in [2.75, 3.05) is 26.2 Å². The predicted molar refractivity (Wildman–Crippen MR) is 74.8 cm³/mol. The van der Waals surface area contributed by atoms with Gasteiger partial charge in [-0.2, -0.15) is 13.2 Å². The van der Waals surface area contributed by atoms with Gasteiger partial charge in [-0.3, -0.25) is 4.90 Å². The zero-order chi connectivity index (χ0) is 15.5. The van der Waals surface area contributed by atoms with Gasteiger partial charge in [-0.05, 0) is 24.6 Å². The number of rotatable bonds is 4. The zero-order valence-electron chi connectivity index (χ0n) is 12.1. The highest BCUT2D eigenvalue weighted by molar-refractivity contribution is 5.33. The Kier molecular flexibility index (Phi) is 5.24. The highest BCUT2D eigenvalue weighted by atomic mass is 19.4. The molecule has 0 radical (unpaired) electrons. The standard InChI is InChI=1S/C15H21F3N2O/c1-2-7-20-8-9-21-13(10-19)14(20)11-5-3-4-6-12(11)15(16,17)18/h3-6,13-14H,2,7-10,19H2,1H3. The Hall–Kier alpha value is -1.11. The molecule has 0 aromatic heterocycles. The van der Waals surface area contributed by atoms with Crippen LogP contribution in [-0.4, -0.2) is 37.2 Å². The molecule has 0 spiro atoms. The number of morpholine rings is 1. The van der Waals surface area contributed by atoms with E-state index in [0.29, 0.717) is 13.2 Å². The number of alkyl halides is 3. The molecule has 1 aromatic rings. The fourth-order valence-electron chi connectivity index (χ4n) is 2.93. The molecule has 6 heteroatoms. The lowest BCUT2D eigenvalue weighted by molar-refractivity contribution is -0.140. The molecular formula is C15H21F3N2O. The first-order chi connectivity index (χ1) is 9.99. The van der Waals surface area contributed by atoms with Gasteiger partial charge in [0.05, 0.1) is 24.3 Å². The summed E-state index contributed by atoms with van der Waals surface area (Å²) in [6.45, 7) is 4.08. The largest absolute Gasteiger partial charge is 0.416 e. The number of halogens is 3. The highest BCUT2D eigenvalue weighted by Gasteiger charge is 2.40. The molecule has 2 N–H and O–H groups in total. The van der Waals surface area contributed by atoms with Crippen molar-refractivity contribution in [3.63, 3.8) is 0 Å². The molecule has 1 heterocycles. The minimum absolute atomic E-state index is 0.205. The molecule has 1 aliphatic rings. The molecule has 0 aliphatic carbocycles. The SMILES string of the molecule is CCCN1CCOC(CN)C1c1ccccc1C(F)(F)F. The molecule has 0 bridgehead atoms. The molecular weight excluding hydrogens is 281 g/mol. The van der Waals surface area contributed by atoms with Crippen LogP contribution in [0.1, 0.15) is 30.5 Å². The van der Waals surface area contributed by atoms with E-state index in [4.69, 9.17) is 10.5 Å². The zero-order valence-corrected chi connectivity index (χ0v) is 12.1. The van der Waals surface area contributed by atoms with Gasteiger partial charge in [0.25, 0.3) is 0 Å². The summed E-state index contributed by atoms with van der Waals surface area (Å²) in [5.41, 5.74) is 5.38. The lowest BCUT2D eigenvalue weighted by Crippen LogP contribution is -2.49. The lowest BCUT2D eigenvalue weighted by atomic mass is 9.93. The Bertz CT molecular complexity index is 462. The van der Waals surface area contributed by atoms with Gasteiger partial charge < -0.3 is 10.5 Å². The molecule has 3 nitrogen and oxygen atoms in total. The Morgan fingerprint density at radius 3 is 2.67 bits per heavy atom. The Balaban J connectivity index is 2.44. The molecule has 2 rings (SSSR count). The maximum Gasteiger partial charge on any atom is 0.416 e. The van der Waals surface area contributed by atoms with E-state index >= 15 is 0 Å². The van der Waals surface area contributed by atoms with Gasteiger partial charge >= 0.3 is 6.18 Å². The third kappa shape index (κ3) is 3.56. The van der Waals surface area contributed by atoms with Crippen LogP contribution < -0.4 is 5.73 Å². The number of benzene rings is 1. The molecule has 2 unspecified atom stereocenters. The number of hydrogen-bond acceptors (Lipinski definition) is 3. The summed E-state index contributed by atoms with van der Waals surface area (Å²) in [7, 11) is 0. The second-order valence-electron chi connectivity index (χ2n) is 5.21. The molecule has 1 saturated heterocycles. The Labute approximate surface area is 122 Å². The first-order valence-electron chi connectivity index (χ1n) is 7.20.